The van der Waals surface area contributed by atoms with E-state index in [4.69, 9.17) is 0 Å². The smallest absolute Gasteiger partial charge is 0.176 e. The highest BCUT2D eigenvalue weighted by molar-refractivity contribution is 5.48. The molecule has 92 valence electrons. The summed E-state index contributed by atoms with van der Waals surface area (Å²) in [5, 5.41) is 7.51. The molecule has 0 aromatic carbocycles. The number of aryl methyl sites for hydroxylation is 1. The predicted molar refractivity (Wildman–Crippen MR) is 69.8 cm³/mol. The average Bonchev–Trinajstić information content (AvgIpc) is 2.95. The van der Waals surface area contributed by atoms with Gasteiger partial charge in [0.2, 0.25) is 0 Å². The van der Waals surface area contributed by atoms with Crippen LogP contribution in [0.15, 0.2) is 36.8 Å². The van der Waals surface area contributed by atoms with Crippen molar-refractivity contribution in [3.05, 3.63) is 48.0 Å². The summed E-state index contributed by atoms with van der Waals surface area (Å²) in [6, 6.07) is 5.99. The molecule has 3 aromatic heterocycles. The maximum absolute atomic E-state index is 4.64. The largest absolute Gasteiger partial charge is 0.314 e. The number of nitrogens with one attached hydrogen (secondary N) is 1. The minimum absolute atomic E-state index is 0.749. The molecule has 0 aliphatic heterocycles. The van der Waals surface area contributed by atoms with E-state index in [2.05, 4.69) is 19.8 Å². The van der Waals surface area contributed by atoms with Gasteiger partial charge in [0.25, 0.3) is 0 Å². The molecule has 1 N–H and O–H groups in total. The van der Waals surface area contributed by atoms with Crippen molar-refractivity contribution < 1.29 is 0 Å². The third kappa shape index (κ3) is 1.69. The summed E-state index contributed by atoms with van der Waals surface area (Å²) in [4.78, 5) is 4.64. The first-order valence-corrected chi connectivity index (χ1v) is 5.92. The summed E-state index contributed by atoms with van der Waals surface area (Å²) in [6.45, 7) is 2.77. The highest BCUT2D eigenvalue weighted by atomic mass is 15.3. The summed E-state index contributed by atoms with van der Waals surface area (Å²) in [5.41, 5.74) is 3.17. The van der Waals surface area contributed by atoms with Gasteiger partial charge in [-0.1, -0.05) is 6.07 Å². The zero-order valence-electron chi connectivity index (χ0n) is 10.5. The summed E-state index contributed by atoms with van der Waals surface area (Å²) in [7, 11) is 1.93. The lowest BCUT2D eigenvalue weighted by atomic mass is 10.4. The molecule has 0 spiro atoms. The molecule has 0 atom stereocenters. The van der Waals surface area contributed by atoms with E-state index in [0.717, 1.165) is 29.3 Å². The fraction of sp³-hybridized carbons (Fsp3) is 0.231. The van der Waals surface area contributed by atoms with E-state index in [9.17, 15) is 0 Å². The summed E-state index contributed by atoms with van der Waals surface area (Å²) >= 11 is 0. The number of rotatable bonds is 3. The Morgan fingerprint density at radius 2 is 2.22 bits per heavy atom. The molecule has 5 nitrogen and oxygen atoms in total. The molecule has 0 saturated carbocycles. The zero-order valence-corrected chi connectivity index (χ0v) is 10.5. The molecule has 3 rings (SSSR count). The molecule has 0 unspecified atom stereocenters. The second kappa shape index (κ2) is 4.27. The maximum Gasteiger partial charge on any atom is 0.176 e. The molecule has 0 amide bonds. The van der Waals surface area contributed by atoms with Crippen LogP contribution in [0.2, 0.25) is 0 Å². The van der Waals surface area contributed by atoms with Crippen molar-refractivity contribution in [3.8, 4) is 5.82 Å². The minimum atomic E-state index is 0.749. The van der Waals surface area contributed by atoms with Gasteiger partial charge < -0.3 is 9.72 Å². The maximum atomic E-state index is 4.64. The predicted octanol–water partition coefficient (Wildman–Crippen LogP) is 1.55. The van der Waals surface area contributed by atoms with Gasteiger partial charge in [-0.25, -0.2) is 9.67 Å². The Morgan fingerprint density at radius 1 is 1.33 bits per heavy atom. The highest BCUT2D eigenvalue weighted by Crippen LogP contribution is 2.16. The number of pyridine rings is 1. The Balaban J connectivity index is 2.24. The van der Waals surface area contributed by atoms with Crippen molar-refractivity contribution in [3.63, 3.8) is 0 Å². The van der Waals surface area contributed by atoms with E-state index in [1.165, 1.54) is 0 Å². The van der Waals surface area contributed by atoms with E-state index in [1.54, 1.807) is 0 Å². The molecular weight excluding hydrogens is 226 g/mol. The van der Waals surface area contributed by atoms with Crippen LogP contribution in [0.4, 0.5) is 0 Å². The molecular formula is C13H15N5. The molecule has 5 heteroatoms. The topological polar surface area (TPSA) is 47.2 Å². The molecule has 3 aromatic rings. The fourth-order valence-electron chi connectivity index (χ4n) is 2.08. The summed E-state index contributed by atoms with van der Waals surface area (Å²) < 4.78 is 3.91. The molecule has 3 heterocycles. The lowest BCUT2D eigenvalue weighted by molar-refractivity contribution is 0.754. The summed E-state index contributed by atoms with van der Waals surface area (Å²) in [6.07, 6.45) is 5.85. The van der Waals surface area contributed by atoms with Gasteiger partial charge in [0, 0.05) is 18.9 Å². The lowest BCUT2D eigenvalue weighted by Gasteiger charge is -2.03. The normalized spacial score (nSPS) is 11.2. The first kappa shape index (κ1) is 11.0. The van der Waals surface area contributed by atoms with Crippen LogP contribution < -0.4 is 5.32 Å². The van der Waals surface area contributed by atoms with Gasteiger partial charge in [-0.3, -0.25) is 0 Å². The lowest BCUT2D eigenvalue weighted by Crippen LogP contribution is -2.11. The van der Waals surface area contributed by atoms with Gasteiger partial charge >= 0.3 is 0 Å². The molecule has 0 bridgehead atoms. The zero-order chi connectivity index (χ0) is 12.5. The standard InChI is InChI=1S/C13H15N5/c1-10-7-15-18(9-10)13-11(8-14-2)17-6-4-3-5-12(17)16-13/h3-7,9,14H,8H2,1-2H3. The molecule has 18 heavy (non-hydrogen) atoms. The SMILES string of the molecule is CNCc1c(-n2cc(C)cn2)nc2ccccn12. The van der Waals surface area contributed by atoms with Crippen molar-refractivity contribution in [2.75, 3.05) is 7.05 Å². The Labute approximate surface area is 105 Å². The molecule has 0 radical (unpaired) electrons. The van der Waals surface area contributed by atoms with Gasteiger partial charge in [-0.2, -0.15) is 5.10 Å². The van der Waals surface area contributed by atoms with Crippen molar-refractivity contribution >= 4 is 5.65 Å². The van der Waals surface area contributed by atoms with E-state index in [1.807, 2.05) is 55.4 Å². The third-order valence-electron chi connectivity index (χ3n) is 2.88. The quantitative estimate of drug-likeness (QED) is 0.756. The number of imidazole rings is 1. The van der Waals surface area contributed by atoms with Crippen molar-refractivity contribution in [1.82, 2.24) is 24.5 Å². The Hall–Kier alpha value is -2.14. The fourth-order valence-corrected chi connectivity index (χ4v) is 2.08. The third-order valence-corrected chi connectivity index (χ3v) is 2.88. The van der Waals surface area contributed by atoms with Gasteiger partial charge in [-0.05, 0) is 31.7 Å². The highest BCUT2D eigenvalue weighted by Gasteiger charge is 2.13. The number of fused-ring (bicyclic) bond motifs is 1. The Bertz CT molecular complexity index is 680. The van der Waals surface area contributed by atoms with Crippen molar-refractivity contribution in [1.29, 1.82) is 0 Å². The monoisotopic (exact) mass is 241 g/mol. The van der Waals surface area contributed by atoms with Crippen LogP contribution in [0.5, 0.6) is 0 Å². The van der Waals surface area contributed by atoms with Crippen molar-refractivity contribution in [2.45, 2.75) is 13.5 Å². The molecule has 0 aliphatic rings. The number of hydrogen-bond acceptors (Lipinski definition) is 3. The van der Waals surface area contributed by atoms with Gasteiger partial charge in [0.1, 0.15) is 5.65 Å². The van der Waals surface area contributed by atoms with Gasteiger partial charge in [-0.15, -0.1) is 0 Å². The van der Waals surface area contributed by atoms with E-state index < -0.39 is 0 Å². The van der Waals surface area contributed by atoms with E-state index in [-0.39, 0.29) is 0 Å². The first-order chi connectivity index (χ1) is 8.79. The van der Waals surface area contributed by atoms with E-state index >= 15 is 0 Å². The summed E-state index contributed by atoms with van der Waals surface area (Å²) in [5.74, 6) is 0.878. The molecule has 0 fully saturated rings. The number of hydrogen-bond donors (Lipinski definition) is 1. The number of aromatic nitrogens is 4. The number of nitrogens with zero attached hydrogens (tertiary/aromatic N) is 4. The van der Waals surface area contributed by atoms with Crippen LogP contribution in [-0.4, -0.2) is 26.2 Å². The average molecular weight is 241 g/mol. The van der Waals surface area contributed by atoms with Crippen LogP contribution in [0.3, 0.4) is 0 Å². The Kier molecular flexibility index (Phi) is 2.60. The first-order valence-electron chi connectivity index (χ1n) is 5.92. The molecule has 0 aliphatic carbocycles. The van der Waals surface area contributed by atoms with Gasteiger partial charge in [0.05, 0.1) is 11.9 Å². The minimum Gasteiger partial charge on any atom is -0.314 e. The Morgan fingerprint density at radius 3 is 2.94 bits per heavy atom. The second-order valence-corrected chi connectivity index (χ2v) is 4.30. The van der Waals surface area contributed by atoms with Gasteiger partial charge in [0.15, 0.2) is 5.82 Å². The van der Waals surface area contributed by atoms with Crippen molar-refractivity contribution in [2.24, 2.45) is 0 Å². The van der Waals surface area contributed by atoms with Crippen LogP contribution in [0.25, 0.3) is 11.5 Å². The van der Waals surface area contributed by atoms with Crippen LogP contribution in [0.1, 0.15) is 11.3 Å². The van der Waals surface area contributed by atoms with Crippen LogP contribution >= 0.6 is 0 Å². The molecule has 0 saturated heterocycles. The second-order valence-electron chi connectivity index (χ2n) is 4.30. The van der Waals surface area contributed by atoms with E-state index in [0.29, 0.717) is 0 Å². The van der Waals surface area contributed by atoms with Crippen LogP contribution in [-0.2, 0) is 6.54 Å². The van der Waals surface area contributed by atoms with Crippen LogP contribution in [0, 0.1) is 6.92 Å².